The van der Waals surface area contributed by atoms with Crippen molar-refractivity contribution in [1.29, 1.82) is 5.26 Å². The molecule has 0 atom stereocenters. The molecule has 1 N–H and O–H groups in total. The highest BCUT2D eigenvalue weighted by Crippen LogP contribution is 2.26. The Bertz CT molecular complexity index is 593. The number of sulfonamides is 1. The normalized spacial score (nSPS) is 10.8. The van der Waals surface area contributed by atoms with Gasteiger partial charge >= 0.3 is 0 Å². The van der Waals surface area contributed by atoms with Gasteiger partial charge in [-0.1, -0.05) is 15.9 Å². The summed E-state index contributed by atoms with van der Waals surface area (Å²) in [5.74, 6) is 0. The zero-order chi connectivity index (χ0) is 13.1. The zero-order valence-corrected chi connectivity index (χ0v) is 10.7. The van der Waals surface area contributed by atoms with E-state index in [0.717, 1.165) is 12.1 Å². The first-order chi connectivity index (χ1) is 7.88. The fourth-order valence-corrected chi connectivity index (χ4v) is 2.68. The molecule has 0 saturated carbocycles. The Balaban J connectivity index is 3.34. The van der Waals surface area contributed by atoms with E-state index in [1.54, 1.807) is 6.07 Å². The van der Waals surface area contributed by atoms with Gasteiger partial charge in [-0.15, -0.1) is 0 Å². The van der Waals surface area contributed by atoms with Crippen molar-refractivity contribution in [1.82, 2.24) is 4.72 Å². The fourth-order valence-electron chi connectivity index (χ4n) is 1.06. The zero-order valence-electron chi connectivity index (χ0n) is 8.25. The second-order valence-electron chi connectivity index (χ2n) is 2.85. The van der Waals surface area contributed by atoms with Crippen LogP contribution in [0.25, 0.3) is 0 Å². The molecule has 1 rings (SSSR count). The molecule has 7 nitrogen and oxygen atoms in total. The smallest absolute Gasteiger partial charge is 0.258 e. The van der Waals surface area contributed by atoms with Crippen molar-refractivity contribution in [2.24, 2.45) is 0 Å². The van der Waals surface area contributed by atoms with E-state index in [0.29, 0.717) is 4.47 Å². The van der Waals surface area contributed by atoms with E-state index in [-0.39, 0.29) is 0 Å². The van der Waals surface area contributed by atoms with Crippen LogP contribution in [-0.2, 0) is 10.0 Å². The average Bonchev–Trinajstić information content (AvgIpc) is 2.26. The summed E-state index contributed by atoms with van der Waals surface area (Å²) in [6.07, 6.45) is 0. The Morgan fingerprint density at radius 1 is 1.53 bits per heavy atom. The number of hydrogen-bond acceptors (Lipinski definition) is 5. The number of nitriles is 1. The van der Waals surface area contributed by atoms with E-state index in [9.17, 15) is 18.5 Å². The average molecular weight is 320 g/mol. The quantitative estimate of drug-likeness (QED) is 0.508. The van der Waals surface area contributed by atoms with Gasteiger partial charge in [0.2, 0.25) is 10.0 Å². The predicted molar refractivity (Wildman–Crippen MR) is 61.6 cm³/mol. The molecule has 0 aliphatic carbocycles. The van der Waals surface area contributed by atoms with Crippen LogP contribution in [0.15, 0.2) is 27.6 Å². The molecule has 0 aliphatic heterocycles. The second kappa shape index (κ2) is 5.22. The Kier molecular flexibility index (Phi) is 4.17. The third-order valence-electron chi connectivity index (χ3n) is 1.75. The molecule has 0 aliphatic rings. The predicted octanol–water partition coefficient (Wildman–Crippen LogP) is 1.16. The maximum Gasteiger partial charge on any atom is 0.289 e. The molecule has 0 unspecified atom stereocenters. The first-order valence-corrected chi connectivity index (χ1v) is 6.46. The van der Waals surface area contributed by atoms with Crippen molar-refractivity contribution in [3.63, 3.8) is 0 Å². The lowest BCUT2D eigenvalue weighted by molar-refractivity contribution is -0.387. The van der Waals surface area contributed by atoms with Crippen molar-refractivity contribution < 1.29 is 13.3 Å². The van der Waals surface area contributed by atoms with E-state index in [4.69, 9.17) is 5.26 Å². The van der Waals surface area contributed by atoms with Gasteiger partial charge in [-0.3, -0.25) is 10.1 Å². The molecule has 0 heterocycles. The third-order valence-corrected chi connectivity index (χ3v) is 3.67. The standard InChI is InChI=1S/C8H6BrN3O4S/c9-6-1-2-7(12(13)14)8(5-6)17(15,16)11-4-3-10/h1-2,5,11H,4H2. The fraction of sp³-hybridized carbons (Fsp3) is 0.125. The van der Waals surface area contributed by atoms with Crippen LogP contribution in [0.2, 0.25) is 0 Å². The number of nitrogens with zero attached hydrogens (tertiary/aromatic N) is 2. The van der Waals surface area contributed by atoms with Crippen LogP contribution >= 0.6 is 15.9 Å². The highest BCUT2D eigenvalue weighted by Gasteiger charge is 2.25. The summed E-state index contributed by atoms with van der Waals surface area (Å²) in [4.78, 5) is 9.41. The summed E-state index contributed by atoms with van der Waals surface area (Å²) in [6.45, 7) is -0.452. The van der Waals surface area contributed by atoms with Crippen LogP contribution in [0.3, 0.4) is 0 Å². The van der Waals surface area contributed by atoms with Gasteiger partial charge in [0.05, 0.1) is 17.5 Å². The topological polar surface area (TPSA) is 113 Å². The second-order valence-corrected chi connectivity index (χ2v) is 5.50. The first kappa shape index (κ1) is 13.6. The van der Waals surface area contributed by atoms with Crippen molar-refractivity contribution in [3.8, 4) is 6.07 Å². The Hall–Kier alpha value is -1.50. The van der Waals surface area contributed by atoms with Crippen LogP contribution in [0.1, 0.15) is 0 Å². The van der Waals surface area contributed by atoms with E-state index in [1.807, 2.05) is 4.72 Å². The molecule has 0 amide bonds. The number of nitro groups is 1. The molecule has 17 heavy (non-hydrogen) atoms. The van der Waals surface area contributed by atoms with Gasteiger partial charge in [0, 0.05) is 10.5 Å². The minimum Gasteiger partial charge on any atom is -0.258 e. The Labute approximate surface area is 105 Å². The molecular formula is C8H6BrN3O4S. The molecule has 0 saturated heterocycles. The van der Waals surface area contributed by atoms with E-state index < -0.39 is 32.1 Å². The summed E-state index contributed by atoms with van der Waals surface area (Å²) in [5, 5.41) is 19.0. The summed E-state index contributed by atoms with van der Waals surface area (Å²) < 4.78 is 25.7. The summed E-state index contributed by atoms with van der Waals surface area (Å²) in [6, 6.07) is 5.13. The Morgan fingerprint density at radius 2 is 2.18 bits per heavy atom. The lowest BCUT2D eigenvalue weighted by Crippen LogP contribution is -2.24. The molecule has 1 aromatic carbocycles. The number of nitro benzene ring substituents is 1. The van der Waals surface area contributed by atoms with Gasteiger partial charge in [-0.05, 0) is 12.1 Å². The minimum absolute atomic E-state index is 0.389. The van der Waals surface area contributed by atoms with Gasteiger partial charge < -0.3 is 0 Å². The van der Waals surface area contributed by atoms with E-state index >= 15 is 0 Å². The van der Waals surface area contributed by atoms with Crippen LogP contribution in [0.4, 0.5) is 5.69 Å². The molecule has 1 aromatic rings. The number of hydrogen-bond donors (Lipinski definition) is 1. The molecule has 0 aromatic heterocycles. The van der Waals surface area contributed by atoms with E-state index in [2.05, 4.69) is 15.9 Å². The summed E-state index contributed by atoms with van der Waals surface area (Å²) in [5.41, 5.74) is -0.543. The van der Waals surface area contributed by atoms with Gasteiger partial charge in [-0.2, -0.15) is 9.98 Å². The molecule has 90 valence electrons. The summed E-state index contributed by atoms with van der Waals surface area (Å²) >= 11 is 3.03. The highest BCUT2D eigenvalue weighted by molar-refractivity contribution is 9.10. The molecule has 0 radical (unpaired) electrons. The number of benzene rings is 1. The largest absolute Gasteiger partial charge is 0.289 e. The molecule has 9 heteroatoms. The number of halogens is 1. The lowest BCUT2D eigenvalue weighted by atomic mass is 10.3. The van der Waals surface area contributed by atoms with Crippen molar-refractivity contribution in [3.05, 3.63) is 32.8 Å². The highest BCUT2D eigenvalue weighted by atomic mass is 79.9. The van der Waals surface area contributed by atoms with E-state index in [1.165, 1.54) is 6.07 Å². The number of nitrogens with one attached hydrogen (secondary N) is 1. The Morgan fingerprint density at radius 3 is 2.71 bits per heavy atom. The lowest BCUT2D eigenvalue weighted by Gasteiger charge is -2.04. The maximum absolute atomic E-state index is 11.7. The monoisotopic (exact) mass is 319 g/mol. The van der Waals surface area contributed by atoms with Gasteiger partial charge in [-0.25, -0.2) is 8.42 Å². The van der Waals surface area contributed by atoms with Crippen LogP contribution < -0.4 is 4.72 Å². The first-order valence-electron chi connectivity index (χ1n) is 4.19. The third kappa shape index (κ3) is 3.23. The number of rotatable bonds is 4. The van der Waals surface area contributed by atoms with Crippen LogP contribution in [0, 0.1) is 21.4 Å². The molecule has 0 spiro atoms. The van der Waals surface area contributed by atoms with Crippen LogP contribution in [-0.4, -0.2) is 19.9 Å². The van der Waals surface area contributed by atoms with Gasteiger partial charge in [0.1, 0.15) is 0 Å². The van der Waals surface area contributed by atoms with Crippen molar-refractivity contribution in [2.75, 3.05) is 6.54 Å². The molecule has 0 fully saturated rings. The van der Waals surface area contributed by atoms with Gasteiger partial charge in [0.25, 0.3) is 5.69 Å². The van der Waals surface area contributed by atoms with Gasteiger partial charge in [0.15, 0.2) is 4.90 Å². The van der Waals surface area contributed by atoms with Crippen molar-refractivity contribution >= 4 is 31.6 Å². The maximum atomic E-state index is 11.7. The minimum atomic E-state index is -4.06. The van der Waals surface area contributed by atoms with Crippen molar-refractivity contribution in [2.45, 2.75) is 4.90 Å². The SMILES string of the molecule is N#CCNS(=O)(=O)c1cc(Br)ccc1[N+](=O)[O-]. The summed E-state index contributed by atoms with van der Waals surface area (Å²) in [7, 11) is -4.06. The molecule has 0 bridgehead atoms. The van der Waals surface area contributed by atoms with Crippen LogP contribution in [0.5, 0.6) is 0 Å². The molecular weight excluding hydrogens is 314 g/mol.